The fourth-order valence-electron chi connectivity index (χ4n) is 4.32. The van der Waals surface area contributed by atoms with Crippen LogP contribution >= 0.6 is 0 Å². The third-order valence-corrected chi connectivity index (χ3v) is 5.76. The lowest BCUT2D eigenvalue weighted by Gasteiger charge is -2.45. The summed E-state index contributed by atoms with van der Waals surface area (Å²) in [7, 11) is 0. The van der Waals surface area contributed by atoms with Crippen molar-refractivity contribution < 1.29 is 9.53 Å². The van der Waals surface area contributed by atoms with Gasteiger partial charge in [0.15, 0.2) is 0 Å². The number of pyridine rings is 1. The maximum absolute atomic E-state index is 12.5. The van der Waals surface area contributed by atoms with Crippen molar-refractivity contribution in [3.63, 3.8) is 0 Å². The molecule has 3 heterocycles. The first-order chi connectivity index (χ1) is 14.9. The molecule has 2 aliphatic rings. The zero-order chi connectivity index (χ0) is 21.8. The molecule has 2 aromatic heterocycles. The van der Waals surface area contributed by atoms with Crippen molar-refractivity contribution in [3.8, 4) is 0 Å². The molecule has 2 aromatic rings. The van der Waals surface area contributed by atoms with Gasteiger partial charge in [0, 0.05) is 38.6 Å². The normalized spacial score (nSPS) is 19.9. The molecule has 1 unspecified atom stereocenters. The van der Waals surface area contributed by atoms with Gasteiger partial charge >= 0.3 is 6.09 Å². The highest BCUT2D eigenvalue weighted by atomic mass is 16.6. The van der Waals surface area contributed by atoms with E-state index < -0.39 is 5.60 Å². The summed E-state index contributed by atoms with van der Waals surface area (Å²) < 4.78 is 5.56. The summed E-state index contributed by atoms with van der Waals surface area (Å²) in [4.78, 5) is 27.6. The fourth-order valence-corrected chi connectivity index (χ4v) is 4.32. The SMILES string of the molecule is CC(C)(C)OC(=O)N1CCN(N(Cc2ccncn2)C2CCCc3cccnc32)CC1. The minimum absolute atomic E-state index is 0.202. The monoisotopic (exact) mass is 424 g/mol. The van der Waals surface area contributed by atoms with Gasteiger partial charge in [-0.25, -0.2) is 24.8 Å². The second-order valence-corrected chi connectivity index (χ2v) is 9.18. The number of fused-ring (bicyclic) bond motifs is 1. The van der Waals surface area contributed by atoms with Gasteiger partial charge in [-0.3, -0.25) is 4.98 Å². The number of piperazine rings is 1. The molecule has 0 spiro atoms. The molecule has 166 valence electrons. The van der Waals surface area contributed by atoms with E-state index in [1.807, 2.05) is 39.1 Å². The van der Waals surface area contributed by atoms with Gasteiger partial charge in [-0.1, -0.05) is 6.07 Å². The number of aromatic nitrogens is 3. The minimum atomic E-state index is -0.481. The van der Waals surface area contributed by atoms with E-state index in [9.17, 15) is 4.79 Å². The number of hydrogen-bond donors (Lipinski definition) is 0. The molecule has 1 atom stereocenters. The number of nitrogens with zero attached hydrogens (tertiary/aromatic N) is 6. The van der Waals surface area contributed by atoms with Crippen LogP contribution < -0.4 is 0 Å². The molecule has 0 aromatic carbocycles. The molecule has 1 amide bonds. The zero-order valence-corrected chi connectivity index (χ0v) is 18.7. The Morgan fingerprint density at radius 3 is 2.68 bits per heavy atom. The number of rotatable bonds is 4. The van der Waals surface area contributed by atoms with E-state index in [-0.39, 0.29) is 12.1 Å². The largest absolute Gasteiger partial charge is 0.444 e. The average Bonchev–Trinajstić information content (AvgIpc) is 2.77. The third kappa shape index (κ3) is 5.37. The maximum atomic E-state index is 12.5. The molecule has 0 bridgehead atoms. The summed E-state index contributed by atoms with van der Waals surface area (Å²) in [5.74, 6) is 0. The predicted molar refractivity (Wildman–Crippen MR) is 117 cm³/mol. The maximum Gasteiger partial charge on any atom is 0.410 e. The van der Waals surface area contributed by atoms with Crippen LogP contribution in [0.4, 0.5) is 4.79 Å². The molecule has 0 N–H and O–H groups in total. The fraction of sp³-hybridized carbons (Fsp3) is 0.565. The summed E-state index contributed by atoms with van der Waals surface area (Å²) in [6, 6.07) is 6.38. The molecule has 31 heavy (non-hydrogen) atoms. The Kier molecular flexibility index (Phi) is 6.48. The van der Waals surface area contributed by atoms with Crippen molar-refractivity contribution in [2.24, 2.45) is 0 Å². The number of hydrazine groups is 1. The molecule has 4 rings (SSSR count). The van der Waals surface area contributed by atoms with Crippen molar-refractivity contribution in [2.45, 2.75) is 58.2 Å². The van der Waals surface area contributed by atoms with Gasteiger partial charge in [0.05, 0.1) is 24.0 Å². The summed E-state index contributed by atoms with van der Waals surface area (Å²) >= 11 is 0. The standard InChI is InChI=1S/C23H32N6O2/c1-23(2,3)31-22(30)27-12-14-28(15-13-27)29(16-19-9-11-24-17-26-19)20-8-4-6-18-7-5-10-25-21(18)20/h5,7,9-11,17,20H,4,6,8,12-16H2,1-3H3. The summed E-state index contributed by atoms with van der Waals surface area (Å²) in [5, 5.41) is 4.76. The Bertz CT molecular complexity index is 877. The van der Waals surface area contributed by atoms with Gasteiger partial charge in [0.2, 0.25) is 0 Å². The van der Waals surface area contributed by atoms with E-state index >= 15 is 0 Å². The number of amides is 1. The Morgan fingerprint density at radius 1 is 1.16 bits per heavy atom. The van der Waals surface area contributed by atoms with Crippen molar-refractivity contribution in [1.29, 1.82) is 0 Å². The highest BCUT2D eigenvalue weighted by molar-refractivity contribution is 5.68. The number of carbonyl (C=O) groups is 1. The quantitative estimate of drug-likeness (QED) is 0.746. The molecule has 1 aliphatic carbocycles. The van der Waals surface area contributed by atoms with Gasteiger partial charge < -0.3 is 9.64 Å². The van der Waals surface area contributed by atoms with Gasteiger partial charge in [-0.15, -0.1) is 0 Å². The van der Waals surface area contributed by atoms with Crippen molar-refractivity contribution in [3.05, 3.63) is 53.9 Å². The topological polar surface area (TPSA) is 74.7 Å². The molecule has 8 nitrogen and oxygen atoms in total. The first-order valence-electron chi connectivity index (χ1n) is 11.1. The van der Waals surface area contributed by atoms with Crippen molar-refractivity contribution in [2.75, 3.05) is 26.2 Å². The van der Waals surface area contributed by atoms with Gasteiger partial charge in [-0.2, -0.15) is 0 Å². The van der Waals surface area contributed by atoms with Crippen LogP contribution in [0.15, 0.2) is 36.9 Å². The second kappa shape index (κ2) is 9.28. The summed E-state index contributed by atoms with van der Waals surface area (Å²) in [6.45, 7) is 9.17. The first kappa shape index (κ1) is 21.6. The van der Waals surface area contributed by atoms with E-state index in [1.165, 1.54) is 5.56 Å². The van der Waals surface area contributed by atoms with Crippen LogP contribution in [0, 0.1) is 0 Å². The number of carbonyl (C=O) groups excluding carboxylic acids is 1. The van der Waals surface area contributed by atoms with Crippen LogP contribution in [0.3, 0.4) is 0 Å². The van der Waals surface area contributed by atoms with E-state index in [0.29, 0.717) is 19.6 Å². The molecule has 1 fully saturated rings. The van der Waals surface area contributed by atoms with Crippen LogP contribution in [0.2, 0.25) is 0 Å². The molecular weight excluding hydrogens is 392 g/mol. The van der Waals surface area contributed by atoms with Crippen molar-refractivity contribution >= 4 is 6.09 Å². The van der Waals surface area contributed by atoms with Crippen molar-refractivity contribution in [1.82, 2.24) is 29.9 Å². The van der Waals surface area contributed by atoms with Gasteiger partial charge in [0.1, 0.15) is 11.9 Å². The van der Waals surface area contributed by atoms with E-state index in [0.717, 1.165) is 43.7 Å². The van der Waals surface area contributed by atoms with Crippen LogP contribution in [-0.4, -0.2) is 67.7 Å². The van der Waals surface area contributed by atoms with Crippen LogP contribution in [0.1, 0.15) is 56.6 Å². The van der Waals surface area contributed by atoms with Gasteiger partial charge in [0.25, 0.3) is 0 Å². The summed E-state index contributed by atoms with van der Waals surface area (Å²) in [6.07, 6.45) is 8.31. The molecule has 0 saturated carbocycles. The zero-order valence-electron chi connectivity index (χ0n) is 18.7. The Labute approximate surface area is 184 Å². The smallest absolute Gasteiger partial charge is 0.410 e. The highest BCUT2D eigenvalue weighted by Gasteiger charge is 2.34. The number of hydrogen-bond acceptors (Lipinski definition) is 7. The highest BCUT2D eigenvalue weighted by Crippen LogP contribution is 2.35. The molecular formula is C23H32N6O2. The predicted octanol–water partition coefficient (Wildman–Crippen LogP) is 3.22. The minimum Gasteiger partial charge on any atom is -0.444 e. The lowest BCUT2D eigenvalue weighted by atomic mass is 9.91. The first-order valence-corrected chi connectivity index (χ1v) is 11.1. The number of ether oxygens (including phenoxy) is 1. The Hall–Kier alpha value is -2.58. The van der Waals surface area contributed by atoms with Crippen LogP contribution in [0.25, 0.3) is 0 Å². The van der Waals surface area contributed by atoms with Crippen LogP contribution in [-0.2, 0) is 17.7 Å². The summed E-state index contributed by atoms with van der Waals surface area (Å²) in [5.41, 5.74) is 2.99. The molecule has 1 aliphatic heterocycles. The Balaban J connectivity index is 1.52. The van der Waals surface area contributed by atoms with E-state index in [4.69, 9.17) is 9.72 Å². The van der Waals surface area contributed by atoms with E-state index in [1.54, 1.807) is 17.4 Å². The second-order valence-electron chi connectivity index (χ2n) is 9.18. The number of aryl methyl sites for hydroxylation is 1. The van der Waals surface area contributed by atoms with Gasteiger partial charge in [-0.05, 0) is 57.7 Å². The third-order valence-electron chi connectivity index (χ3n) is 5.76. The molecule has 8 heteroatoms. The lowest BCUT2D eigenvalue weighted by Crippen LogP contribution is -2.56. The Morgan fingerprint density at radius 2 is 1.97 bits per heavy atom. The molecule has 0 radical (unpaired) electrons. The average molecular weight is 425 g/mol. The lowest BCUT2D eigenvalue weighted by molar-refractivity contribution is -0.101. The van der Waals surface area contributed by atoms with E-state index in [2.05, 4.69) is 26.1 Å². The van der Waals surface area contributed by atoms with Crippen LogP contribution in [0.5, 0.6) is 0 Å². The molecule has 1 saturated heterocycles.